The Morgan fingerprint density at radius 3 is 2.50 bits per heavy atom. The van der Waals surface area contributed by atoms with Gasteiger partial charge in [-0.05, 0) is 55.7 Å². The molecule has 3 rings (SSSR count). The first-order valence-electron chi connectivity index (χ1n) is 8.69. The molecular weight excluding hydrogens is 242 g/mol. The van der Waals surface area contributed by atoms with Crippen molar-refractivity contribution >= 4 is 0 Å². The van der Waals surface area contributed by atoms with Crippen LogP contribution >= 0.6 is 0 Å². The van der Waals surface area contributed by atoms with Gasteiger partial charge in [0.2, 0.25) is 0 Å². The quantitative estimate of drug-likeness (QED) is 0.802. The molecular formula is C19H29N. The molecule has 1 nitrogen and oxygen atoms in total. The van der Waals surface area contributed by atoms with Crippen molar-refractivity contribution in [3.8, 4) is 0 Å². The van der Waals surface area contributed by atoms with E-state index >= 15 is 0 Å². The summed E-state index contributed by atoms with van der Waals surface area (Å²) in [5.74, 6) is 0.855. The fourth-order valence-corrected chi connectivity index (χ4v) is 3.99. The lowest BCUT2D eigenvalue weighted by atomic mass is 9.77. The van der Waals surface area contributed by atoms with Gasteiger partial charge in [0.05, 0.1) is 0 Å². The van der Waals surface area contributed by atoms with E-state index in [-0.39, 0.29) is 5.54 Å². The van der Waals surface area contributed by atoms with E-state index in [1.807, 2.05) is 0 Å². The monoisotopic (exact) mass is 271 g/mol. The van der Waals surface area contributed by atoms with Crippen LogP contribution in [0.3, 0.4) is 0 Å². The largest absolute Gasteiger partial charge is 0.307 e. The predicted molar refractivity (Wildman–Crippen MR) is 86.1 cm³/mol. The van der Waals surface area contributed by atoms with Gasteiger partial charge in [-0.1, -0.05) is 56.9 Å². The minimum absolute atomic E-state index is 0.253. The van der Waals surface area contributed by atoms with Crippen molar-refractivity contribution in [3.05, 3.63) is 35.4 Å². The summed E-state index contributed by atoms with van der Waals surface area (Å²) in [4.78, 5) is 0. The van der Waals surface area contributed by atoms with Gasteiger partial charge in [0, 0.05) is 5.54 Å². The van der Waals surface area contributed by atoms with Crippen molar-refractivity contribution in [2.45, 2.75) is 76.2 Å². The van der Waals surface area contributed by atoms with Crippen LogP contribution in [0.15, 0.2) is 24.3 Å². The maximum absolute atomic E-state index is 3.89. The Morgan fingerprint density at radius 1 is 1.05 bits per heavy atom. The molecule has 1 saturated heterocycles. The fourth-order valence-electron chi connectivity index (χ4n) is 3.99. The summed E-state index contributed by atoms with van der Waals surface area (Å²) in [6.45, 7) is 3.50. The van der Waals surface area contributed by atoms with Gasteiger partial charge in [-0.3, -0.25) is 0 Å². The first-order valence-corrected chi connectivity index (χ1v) is 8.69. The zero-order chi connectivity index (χ0) is 13.8. The number of benzene rings is 1. The Hall–Kier alpha value is -0.820. The highest BCUT2D eigenvalue weighted by atomic mass is 15.0. The van der Waals surface area contributed by atoms with Crippen LogP contribution in [0.4, 0.5) is 0 Å². The topological polar surface area (TPSA) is 12.0 Å². The van der Waals surface area contributed by atoms with E-state index in [4.69, 9.17) is 0 Å². The van der Waals surface area contributed by atoms with Crippen LogP contribution in [0.25, 0.3) is 0 Å². The van der Waals surface area contributed by atoms with Crippen LogP contribution in [-0.4, -0.2) is 6.54 Å². The van der Waals surface area contributed by atoms with Crippen molar-refractivity contribution in [2.24, 2.45) is 0 Å². The lowest BCUT2D eigenvalue weighted by Crippen LogP contribution is -2.41. The van der Waals surface area contributed by atoms with E-state index in [0.29, 0.717) is 0 Å². The Labute approximate surface area is 124 Å². The minimum atomic E-state index is 0.253. The third-order valence-electron chi connectivity index (χ3n) is 5.46. The molecule has 1 heterocycles. The second-order valence-electron chi connectivity index (χ2n) is 6.82. The molecule has 1 heteroatoms. The summed E-state index contributed by atoms with van der Waals surface area (Å²) in [5, 5.41) is 3.89. The minimum Gasteiger partial charge on any atom is -0.307 e. The molecule has 1 aromatic rings. The molecule has 110 valence electrons. The molecule has 1 aromatic carbocycles. The van der Waals surface area contributed by atoms with Gasteiger partial charge in [-0.15, -0.1) is 0 Å². The maximum atomic E-state index is 3.89. The molecule has 0 bridgehead atoms. The van der Waals surface area contributed by atoms with E-state index in [9.17, 15) is 0 Å². The Morgan fingerprint density at radius 2 is 1.85 bits per heavy atom. The third-order valence-corrected chi connectivity index (χ3v) is 5.46. The number of hydrogen-bond donors (Lipinski definition) is 1. The highest BCUT2D eigenvalue weighted by Gasteiger charge is 2.31. The molecule has 0 amide bonds. The highest BCUT2D eigenvalue weighted by Crippen LogP contribution is 2.38. The van der Waals surface area contributed by atoms with Crippen LogP contribution in [0.5, 0.6) is 0 Å². The Kier molecular flexibility index (Phi) is 4.45. The van der Waals surface area contributed by atoms with E-state index in [1.54, 1.807) is 5.56 Å². The summed E-state index contributed by atoms with van der Waals surface area (Å²) in [6.07, 6.45) is 12.2. The summed E-state index contributed by atoms with van der Waals surface area (Å²) in [5.41, 5.74) is 3.35. The molecule has 0 spiro atoms. The maximum Gasteiger partial charge on any atom is 0.0434 e. The van der Waals surface area contributed by atoms with Crippen molar-refractivity contribution in [1.29, 1.82) is 0 Å². The SMILES string of the molecule is CCCC1(c2ccc(C3CCC3)cc2)CCCCCN1. The number of nitrogens with one attached hydrogen (secondary N) is 1. The van der Waals surface area contributed by atoms with Gasteiger partial charge in [-0.2, -0.15) is 0 Å². The second-order valence-corrected chi connectivity index (χ2v) is 6.82. The Balaban J connectivity index is 1.82. The van der Waals surface area contributed by atoms with Gasteiger partial charge < -0.3 is 5.32 Å². The fraction of sp³-hybridized carbons (Fsp3) is 0.684. The van der Waals surface area contributed by atoms with Crippen LogP contribution in [0.2, 0.25) is 0 Å². The third kappa shape index (κ3) is 2.79. The van der Waals surface area contributed by atoms with Gasteiger partial charge in [-0.25, -0.2) is 0 Å². The van der Waals surface area contributed by atoms with Gasteiger partial charge >= 0.3 is 0 Å². The molecule has 1 unspecified atom stereocenters. The molecule has 20 heavy (non-hydrogen) atoms. The molecule has 0 aromatic heterocycles. The highest BCUT2D eigenvalue weighted by molar-refractivity contribution is 5.31. The molecule has 1 aliphatic carbocycles. The van der Waals surface area contributed by atoms with E-state index in [1.165, 1.54) is 69.9 Å². The molecule has 1 atom stereocenters. The lowest BCUT2D eigenvalue weighted by Gasteiger charge is -2.35. The zero-order valence-corrected chi connectivity index (χ0v) is 13.0. The van der Waals surface area contributed by atoms with Gasteiger partial charge in [0.25, 0.3) is 0 Å². The van der Waals surface area contributed by atoms with Crippen LogP contribution in [-0.2, 0) is 5.54 Å². The van der Waals surface area contributed by atoms with E-state index in [2.05, 4.69) is 36.5 Å². The smallest absolute Gasteiger partial charge is 0.0434 e. The Bertz CT molecular complexity index is 408. The molecule has 2 fully saturated rings. The average Bonchev–Trinajstić information content (AvgIpc) is 2.65. The molecule has 2 aliphatic rings. The van der Waals surface area contributed by atoms with Crippen LogP contribution in [0, 0.1) is 0 Å². The normalized spacial score (nSPS) is 27.9. The molecule has 1 N–H and O–H groups in total. The summed E-state index contributed by atoms with van der Waals surface area (Å²) in [6, 6.07) is 9.65. The van der Waals surface area contributed by atoms with E-state index < -0.39 is 0 Å². The van der Waals surface area contributed by atoms with Crippen molar-refractivity contribution in [1.82, 2.24) is 5.32 Å². The molecule has 1 saturated carbocycles. The van der Waals surface area contributed by atoms with Crippen LogP contribution in [0.1, 0.15) is 81.8 Å². The van der Waals surface area contributed by atoms with E-state index in [0.717, 1.165) is 5.92 Å². The average molecular weight is 271 g/mol. The summed E-state index contributed by atoms with van der Waals surface area (Å²) in [7, 11) is 0. The zero-order valence-electron chi connectivity index (χ0n) is 13.0. The first kappa shape index (κ1) is 14.1. The van der Waals surface area contributed by atoms with Gasteiger partial charge in [0.15, 0.2) is 0 Å². The van der Waals surface area contributed by atoms with Gasteiger partial charge in [0.1, 0.15) is 0 Å². The van der Waals surface area contributed by atoms with Crippen molar-refractivity contribution < 1.29 is 0 Å². The van der Waals surface area contributed by atoms with Crippen molar-refractivity contribution in [2.75, 3.05) is 6.54 Å². The second kappa shape index (κ2) is 6.30. The number of rotatable bonds is 4. The molecule has 1 aliphatic heterocycles. The molecule has 0 radical (unpaired) electrons. The number of hydrogen-bond acceptors (Lipinski definition) is 1. The summed E-state index contributed by atoms with van der Waals surface area (Å²) < 4.78 is 0. The lowest BCUT2D eigenvalue weighted by molar-refractivity contribution is 0.297. The standard InChI is InChI=1S/C19H29N/c1-2-13-19(14-4-3-5-15-20-19)18-11-9-17(10-12-18)16-7-6-8-16/h9-12,16,20H,2-8,13-15H2,1H3. The van der Waals surface area contributed by atoms with Crippen molar-refractivity contribution in [3.63, 3.8) is 0 Å². The predicted octanol–water partition coefficient (Wildman–Crippen LogP) is 5.11. The summed E-state index contributed by atoms with van der Waals surface area (Å²) >= 11 is 0. The van der Waals surface area contributed by atoms with Crippen LogP contribution < -0.4 is 5.32 Å². The first-order chi connectivity index (χ1) is 9.84.